The van der Waals surface area contributed by atoms with Gasteiger partial charge in [0.1, 0.15) is 16.5 Å². The molecule has 0 aromatic carbocycles. The molecule has 0 aliphatic heterocycles. The Morgan fingerprint density at radius 2 is 1.85 bits per heavy atom. The molecule has 0 unspecified atom stereocenters. The molecule has 12 heteroatoms. The number of fused-ring (bicyclic) bond motifs is 1. The highest BCUT2D eigenvalue weighted by Crippen LogP contribution is 2.26. The molecule has 2 aromatic heterocycles. The standard InChI is InChI=1S/C9H7ClFN3O2S.C8H18N2O2.C4H10/c1-16-8-3-5(4(11)6(10)13-8)12-9(17-2)14-7(3)15;1-8(2,3)12-7(11)10(4)6-5-9;1-3-4-2/h1-2H3,(H,12,14,15);5-6,9H2,1-4H3;3-4H2,1-2H3. The summed E-state index contributed by atoms with van der Waals surface area (Å²) in [5.74, 6) is -0.878. The Balaban J connectivity index is 0.000000561. The molecule has 0 fully saturated rings. The molecular weight excluding hydrogens is 473 g/mol. The number of halogens is 2. The first-order valence-electron chi connectivity index (χ1n) is 10.4. The molecule has 2 heterocycles. The number of aromatic nitrogens is 3. The van der Waals surface area contributed by atoms with E-state index in [1.54, 1.807) is 13.3 Å². The van der Waals surface area contributed by atoms with Crippen molar-refractivity contribution < 1.29 is 18.7 Å². The minimum atomic E-state index is -0.830. The number of thioether (sulfide) groups is 1. The number of carbonyl (C=O) groups is 1. The van der Waals surface area contributed by atoms with Gasteiger partial charge in [0.25, 0.3) is 5.56 Å². The van der Waals surface area contributed by atoms with Gasteiger partial charge in [-0.15, -0.1) is 0 Å². The molecule has 0 aliphatic carbocycles. The second-order valence-corrected chi connectivity index (χ2v) is 8.87. The van der Waals surface area contributed by atoms with Gasteiger partial charge in [-0.1, -0.05) is 50.1 Å². The van der Waals surface area contributed by atoms with Crippen molar-refractivity contribution in [2.24, 2.45) is 5.73 Å². The van der Waals surface area contributed by atoms with Gasteiger partial charge < -0.3 is 25.1 Å². The first-order valence-corrected chi connectivity index (χ1v) is 12.0. The third kappa shape index (κ3) is 10.6. The third-order valence-electron chi connectivity index (χ3n) is 3.76. The van der Waals surface area contributed by atoms with E-state index < -0.39 is 17.0 Å². The summed E-state index contributed by atoms with van der Waals surface area (Å²) < 4.78 is 23.7. The van der Waals surface area contributed by atoms with Crippen LogP contribution in [-0.2, 0) is 4.74 Å². The monoisotopic (exact) mass is 507 g/mol. The molecular formula is C21H35ClFN5O4S. The van der Waals surface area contributed by atoms with Gasteiger partial charge in [0.2, 0.25) is 5.88 Å². The molecule has 0 saturated carbocycles. The highest BCUT2D eigenvalue weighted by atomic mass is 35.5. The van der Waals surface area contributed by atoms with Gasteiger partial charge >= 0.3 is 6.09 Å². The summed E-state index contributed by atoms with van der Waals surface area (Å²) in [5.41, 5.74) is 4.19. The number of amides is 1. The lowest BCUT2D eigenvalue weighted by molar-refractivity contribution is 0.0304. The summed E-state index contributed by atoms with van der Waals surface area (Å²) in [7, 11) is 2.98. The van der Waals surface area contributed by atoms with Crippen molar-refractivity contribution in [3.8, 4) is 5.88 Å². The van der Waals surface area contributed by atoms with E-state index in [-0.39, 0.29) is 28.0 Å². The number of hydrogen-bond acceptors (Lipinski definition) is 8. The molecule has 3 N–H and O–H groups in total. The second kappa shape index (κ2) is 14.9. The van der Waals surface area contributed by atoms with Gasteiger partial charge in [-0.2, -0.15) is 4.98 Å². The van der Waals surface area contributed by atoms with Crippen molar-refractivity contribution in [1.29, 1.82) is 0 Å². The van der Waals surface area contributed by atoms with Gasteiger partial charge in [0, 0.05) is 20.1 Å². The lowest BCUT2D eigenvalue weighted by Gasteiger charge is -2.24. The number of hydrogen-bond donors (Lipinski definition) is 2. The fourth-order valence-electron chi connectivity index (χ4n) is 1.97. The van der Waals surface area contributed by atoms with Crippen LogP contribution in [0, 0.1) is 5.82 Å². The minimum Gasteiger partial charge on any atom is -0.480 e. The first kappa shape index (κ1) is 30.9. The van der Waals surface area contributed by atoms with Crippen LogP contribution in [0.15, 0.2) is 9.95 Å². The number of likely N-dealkylation sites (N-methyl/N-ethyl adjacent to an activating group) is 1. The maximum atomic E-state index is 13.7. The molecule has 0 saturated heterocycles. The number of pyridine rings is 1. The average molecular weight is 508 g/mol. The fourth-order valence-corrected chi connectivity index (χ4v) is 2.51. The molecule has 0 aliphatic rings. The number of rotatable bonds is 5. The van der Waals surface area contributed by atoms with E-state index in [4.69, 9.17) is 26.8 Å². The molecule has 0 atom stereocenters. The lowest BCUT2D eigenvalue weighted by atomic mass is 10.2. The van der Waals surface area contributed by atoms with Crippen molar-refractivity contribution in [3.05, 3.63) is 21.3 Å². The number of nitrogens with zero attached hydrogens (tertiary/aromatic N) is 3. The van der Waals surface area contributed by atoms with Gasteiger partial charge in [0.15, 0.2) is 16.1 Å². The lowest BCUT2D eigenvalue weighted by Crippen LogP contribution is -2.36. The molecule has 0 radical (unpaired) electrons. The number of H-pyrrole nitrogens is 1. The van der Waals surface area contributed by atoms with Gasteiger partial charge in [0.05, 0.1) is 7.11 Å². The van der Waals surface area contributed by atoms with Crippen LogP contribution in [0.1, 0.15) is 47.5 Å². The molecule has 1 amide bonds. The van der Waals surface area contributed by atoms with Crippen LogP contribution in [-0.4, -0.2) is 65.0 Å². The third-order valence-corrected chi connectivity index (χ3v) is 4.59. The molecule has 0 spiro atoms. The molecule has 188 valence electrons. The Hall–Kier alpha value is -2.11. The number of nitrogens with two attached hydrogens (primary N) is 1. The van der Waals surface area contributed by atoms with E-state index >= 15 is 0 Å². The van der Waals surface area contributed by atoms with Gasteiger partial charge in [-0.05, 0) is 27.0 Å². The Labute approximate surface area is 203 Å². The van der Waals surface area contributed by atoms with Gasteiger partial charge in [-0.25, -0.2) is 14.2 Å². The number of methoxy groups -OCH3 is 1. The van der Waals surface area contributed by atoms with Crippen molar-refractivity contribution in [2.45, 2.75) is 58.2 Å². The fraction of sp³-hybridized carbons (Fsp3) is 0.619. The predicted octanol–water partition coefficient (Wildman–Crippen LogP) is 4.46. The Morgan fingerprint density at radius 1 is 1.27 bits per heavy atom. The van der Waals surface area contributed by atoms with E-state index in [0.29, 0.717) is 18.2 Å². The summed E-state index contributed by atoms with van der Waals surface area (Å²) in [6.45, 7) is 10.8. The molecule has 0 bridgehead atoms. The van der Waals surface area contributed by atoms with Crippen LogP contribution < -0.4 is 16.0 Å². The zero-order valence-electron chi connectivity index (χ0n) is 20.5. The summed E-state index contributed by atoms with van der Waals surface area (Å²) >= 11 is 6.78. The highest BCUT2D eigenvalue weighted by Gasteiger charge is 2.19. The number of ether oxygens (including phenoxy) is 2. The first-order chi connectivity index (χ1) is 15.4. The SMILES string of the molecule is CCCC.CN(CCN)C(=O)OC(C)(C)C.COc1nc(Cl)c(F)c2nc(SC)[nH]c(=O)c12. The predicted molar refractivity (Wildman–Crippen MR) is 132 cm³/mol. The number of carbonyl (C=O) groups excluding carboxylic acids is 1. The van der Waals surface area contributed by atoms with E-state index in [9.17, 15) is 14.0 Å². The van der Waals surface area contributed by atoms with Crippen LogP contribution in [0.3, 0.4) is 0 Å². The minimum absolute atomic E-state index is 0.0483. The number of unbranched alkanes of at least 4 members (excludes halogenated alkanes) is 1. The quantitative estimate of drug-likeness (QED) is 0.345. The largest absolute Gasteiger partial charge is 0.480 e. The maximum Gasteiger partial charge on any atom is 0.410 e. The Morgan fingerprint density at radius 3 is 2.27 bits per heavy atom. The van der Waals surface area contributed by atoms with Crippen LogP contribution in [0.5, 0.6) is 5.88 Å². The van der Waals surface area contributed by atoms with Crippen molar-refractivity contribution in [2.75, 3.05) is 33.5 Å². The summed E-state index contributed by atoms with van der Waals surface area (Å²) in [5, 5.41) is -0.127. The van der Waals surface area contributed by atoms with Crippen molar-refractivity contribution in [3.63, 3.8) is 0 Å². The highest BCUT2D eigenvalue weighted by molar-refractivity contribution is 7.98. The zero-order chi connectivity index (χ0) is 25.8. The summed E-state index contributed by atoms with van der Waals surface area (Å²) in [4.78, 5) is 34.5. The number of nitrogens with one attached hydrogen (secondary N) is 1. The van der Waals surface area contributed by atoms with Crippen LogP contribution in [0.25, 0.3) is 10.9 Å². The van der Waals surface area contributed by atoms with E-state index in [0.717, 1.165) is 0 Å². The second-order valence-electron chi connectivity index (χ2n) is 7.72. The molecule has 2 aromatic rings. The number of aromatic amines is 1. The van der Waals surface area contributed by atoms with Gasteiger partial charge in [-0.3, -0.25) is 4.79 Å². The topological polar surface area (TPSA) is 123 Å². The summed E-state index contributed by atoms with van der Waals surface area (Å²) in [6, 6.07) is 0. The maximum absolute atomic E-state index is 13.7. The van der Waals surface area contributed by atoms with Crippen LogP contribution in [0.2, 0.25) is 5.15 Å². The molecule has 2 rings (SSSR count). The molecule has 9 nitrogen and oxygen atoms in total. The van der Waals surface area contributed by atoms with Crippen LogP contribution in [0.4, 0.5) is 9.18 Å². The van der Waals surface area contributed by atoms with E-state index in [1.165, 1.54) is 36.6 Å². The van der Waals surface area contributed by atoms with Crippen LogP contribution >= 0.6 is 23.4 Å². The Kier molecular flexibility index (Phi) is 14.0. The average Bonchev–Trinajstić information content (AvgIpc) is 2.75. The van der Waals surface area contributed by atoms with E-state index in [1.807, 2.05) is 20.8 Å². The zero-order valence-corrected chi connectivity index (χ0v) is 22.1. The van der Waals surface area contributed by atoms with Crippen molar-refractivity contribution >= 4 is 40.4 Å². The summed E-state index contributed by atoms with van der Waals surface area (Å²) in [6.07, 6.45) is 4.02. The normalized spacial score (nSPS) is 10.5. The Bertz CT molecular complexity index is 951. The van der Waals surface area contributed by atoms with Crippen molar-refractivity contribution in [1.82, 2.24) is 19.9 Å². The molecule has 33 heavy (non-hydrogen) atoms. The smallest absolute Gasteiger partial charge is 0.410 e. The van der Waals surface area contributed by atoms with E-state index in [2.05, 4.69) is 28.8 Å².